The summed E-state index contributed by atoms with van der Waals surface area (Å²) in [4.78, 5) is 26.2. The van der Waals surface area contributed by atoms with Crippen molar-refractivity contribution < 1.29 is 36.2 Å². The summed E-state index contributed by atoms with van der Waals surface area (Å²) >= 11 is 0. The van der Waals surface area contributed by atoms with Crippen LogP contribution < -0.4 is 9.64 Å². The molecule has 2 fully saturated rings. The lowest BCUT2D eigenvalue weighted by molar-refractivity contribution is -0.144. The summed E-state index contributed by atoms with van der Waals surface area (Å²) in [5, 5.41) is 0.384. The topological polar surface area (TPSA) is 90.6 Å². The number of furan rings is 1. The van der Waals surface area contributed by atoms with Gasteiger partial charge in [-0.3, -0.25) is 4.79 Å². The van der Waals surface area contributed by atoms with E-state index in [1.54, 1.807) is 31.2 Å². The highest BCUT2D eigenvalue weighted by atomic mass is 19.4. The van der Waals surface area contributed by atoms with Gasteiger partial charge in [0.1, 0.15) is 22.9 Å². The number of aromatic nitrogens is 3. The molecule has 3 aromatic heterocycles. The predicted octanol–water partition coefficient (Wildman–Crippen LogP) is 5.61. The number of ketones is 1. The fraction of sp³-hybridized carbons (Fsp3) is 0.400. The number of rotatable bonds is 5. The Labute approximate surface area is 238 Å². The third kappa shape index (κ3) is 4.71. The molecule has 0 spiro atoms. The molecular formula is C30H26F4N4O4. The molecular weight excluding hydrogens is 556 g/mol. The van der Waals surface area contributed by atoms with Crippen molar-refractivity contribution in [2.45, 2.75) is 50.7 Å². The highest BCUT2D eigenvalue weighted by Crippen LogP contribution is 2.45. The van der Waals surface area contributed by atoms with Crippen LogP contribution >= 0.6 is 0 Å². The molecule has 0 aliphatic carbocycles. The van der Waals surface area contributed by atoms with E-state index in [-0.39, 0.29) is 66.7 Å². The number of ether oxygens (including phenoxy) is 2. The SMILES string of the molecule is C#Cc1cnc(O[C@H]2C[C@@H](C(C)=O)N(c3nc(C(F)(F)F)nc4c3oc3ccccc34)C2)c([C@]2(F)CCOC[C@@H]2C)c1. The molecule has 0 saturated carbocycles. The largest absolute Gasteiger partial charge is 0.472 e. The number of nitrogens with zero attached hydrogens (tertiary/aromatic N) is 4. The molecule has 5 heterocycles. The molecule has 8 nitrogen and oxygen atoms in total. The van der Waals surface area contributed by atoms with Crippen LogP contribution in [0.4, 0.5) is 23.4 Å². The third-order valence-electron chi connectivity index (χ3n) is 7.96. The Kier molecular flexibility index (Phi) is 6.80. The van der Waals surface area contributed by atoms with Crippen LogP contribution in [0.25, 0.3) is 22.1 Å². The molecule has 0 N–H and O–H groups in total. The van der Waals surface area contributed by atoms with E-state index in [2.05, 4.69) is 20.9 Å². The number of para-hydroxylation sites is 1. The van der Waals surface area contributed by atoms with E-state index in [0.717, 1.165) is 0 Å². The molecule has 1 aromatic carbocycles. The van der Waals surface area contributed by atoms with Crippen molar-refractivity contribution >= 4 is 33.7 Å². The standard InChI is InChI=1S/C30H26F4N4O4/c1-4-18-11-21(29(31)9-10-40-15-16(29)2)27(35-13-18)41-19-12-22(17(3)39)38(14-19)26-25-24(36-28(37-26)30(32,33)34)20-7-5-6-8-23(20)42-25/h1,5-8,11,13,16,19,22H,9-10,12,14-15H2,2-3H3/t16-,19-,22-,29-/m0/s1. The lowest BCUT2D eigenvalue weighted by atomic mass is 9.80. The average molecular weight is 583 g/mol. The Morgan fingerprint density at radius 2 is 2.05 bits per heavy atom. The average Bonchev–Trinajstić information content (AvgIpc) is 3.56. The summed E-state index contributed by atoms with van der Waals surface area (Å²) in [5.74, 6) is 0.116. The minimum atomic E-state index is -4.85. The van der Waals surface area contributed by atoms with Gasteiger partial charge in [-0.15, -0.1) is 6.42 Å². The number of carbonyl (C=O) groups is 1. The zero-order valence-corrected chi connectivity index (χ0v) is 22.7. The van der Waals surface area contributed by atoms with E-state index >= 15 is 4.39 Å². The molecule has 0 bridgehead atoms. The molecule has 0 amide bonds. The van der Waals surface area contributed by atoms with Crippen molar-refractivity contribution in [3.05, 3.63) is 53.5 Å². The maximum Gasteiger partial charge on any atom is 0.451 e. The van der Waals surface area contributed by atoms with Crippen molar-refractivity contribution in [3.8, 4) is 18.2 Å². The van der Waals surface area contributed by atoms with Gasteiger partial charge in [-0.1, -0.05) is 25.0 Å². The van der Waals surface area contributed by atoms with Gasteiger partial charge in [0.05, 0.1) is 24.8 Å². The van der Waals surface area contributed by atoms with E-state index < -0.39 is 35.7 Å². The molecule has 6 rings (SSSR count). The van der Waals surface area contributed by atoms with Crippen molar-refractivity contribution in [2.24, 2.45) is 5.92 Å². The van der Waals surface area contributed by atoms with Crippen molar-refractivity contribution in [1.29, 1.82) is 0 Å². The van der Waals surface area contributed by atoms with Gasteiger partial charge in [-0.05, 0) is 25.1 Å². The van der Waals surface area contributed by atoms with Crippen molar-refractivity contribution in [3.63, 3.8) is 0 Å². The second-order valence-electron chi connectivity index (χ2n) is 10.7. The first-order valence-corrected chi connectivity index (χ1v) is 13.4. The van der Waals surface area contributed by atoms with Gasteiger partial charge in [0, 0.05) is 42.5 Å². The van der Waals surface area contributed by atoms with Crippen molar-refractivity contribution in [1.82, 2.24) is 15.0 Å². The van der Waals surface area contributed by atoms with Crippen LogP contribution in [0.15, 0.2) is 40.9 Å². The maximum absolute atomic E-state index is 16.5. The van der Waals surface area contributed by atoms with Crippen LogP contribution in [0, 0.1) is 18.3 Å². The summed E-state index contributed by atoms with van der Waals surface area (Å²) in [6.45, 7) is 3.42. The number of benzene rings is 1. The normalized spacial score (nSPS) is 24.7. The van der Waals surface area contributed by atoms with Gasteiger partial charge in [-0.25, -0.2) is 19.3 Å². The Bertz CT molecular complexity index is 1730. The highest BCUT2D eigenvalue weighted by Gasteiger charge is 2.46. The van der Waals surface area contributed by atoms with E-state index in [1.807, 2.05) is 0 Å². The number of hydrogen-bond donors (Lipinski definition) is 0. The smallest absolute Gasteiger partial charge is 0.451 e. The Hall–Kier alpha value is -4.24. The summed E-state index contributed by atoms with van der Waals surface area (Å²) in [7, 11) is 0. The first-order chi connectivity index (χ1) is 20.0. The van der Waals surface area contributed by atoms with Gasteiger partial charge in [0.15, 0.2) is 17.2 Å². The second kappa shape index (κ2) is 10.2. The molecule has 2 saturated heterocycles. The highest BCUT2D eigenvalue weighted by molar-refractivity contribution is 6.06. The molecule has 2 aliphatic heterocycles. The van der Waals surface area contributed by atoms with Crippen LogP contribution in [0.5, 0.6) is 5.88 Å². The fourth-order valence-electron chi connectivity index (χ4n) is 5.74. The lowest BCUT2D eigenvalue weighted by Gasteiger charge is -2.36. The van der Waals surface area contributed by atoms with E-state index in [4.69, 9.17) is 20.3 Å². The molecule has 12 heteroatoms. The Morgan fingerprint density at radius 3 is 2.76 bits per heavy atom. The zero-order valence-electron chi connectivity index (χ0n) is 22.7. The zero-order chi connectivity index (χ0) is 29.8. The Balaban J connectivity index is 1.41. The lowest BCUT2D eigenvalue weighted by Crippen LogP contribution is -2.38. The number of fused-ring (bicyclic) bond motifs is 3. The fourth-order valence-corrected chi connectivity index (χ4v) is 5.74. The molecule has 4 atom stereocenters. The second-order valence-corrected chi connectivity index (χ2v) is 10.7. The van der Waals surface area contributed by atoms with Gasteiger partial charge in [-0.2, -0.15) is 13.2 Å². The number of hydrogen-bond acceptors (Lipinski definition) is 8. The summed E-state index contributed by atoms with van der Waals surface area (Å²) < 4.78 is 75.8. The number of Topliss-reactive ketones (excluding diaryl/α,β-unsaturated/α-hetero) is 1. The molecule has 218 valence electrons. The summed E-state index contributed by atoms with van der Waals surface area (Å²) in [5.41, 5.74) is -0.956. The molecule has 0 unspecified atom stereocenters. The molecule has 42 heavy (non-hydrogen) atoms. The van der Waals surface area contributed by atoms with Crippen molar-refractivity contribution in [2.75, 3.05) is 24.7 Å². The summed E-state index contributed by atoms with van der Waals surface area (Å²) in [6.07, 6.45) is 1.52. The van der Waals surface area contributed by atoms with E-state index in [9.17, 15) is 18.0 Å². The minimum absolute atomic E-state index is 0.00644. The molecule has 4 aromatic rings. The van der Waals surface area contributed by atoms with Crippen LogP contribution in [-0.4, -0.2) is 52.6 Å². The first kappa shape index (κ1) is 27.9. The summed E-state index contributed by atoms with van der Waals surface area (Å²) in [6, 6.07) is 7.21. The maximum atomic E-state index is 16.5. The third-order valence-corrected chi connectivity index (χ3v) is 7.96. The van der Waals surface area contributed by atoms with Crippen LogP contribution in [0.3, 0.4) is 0 Å². The number of carbonyl (C=O) groups excluding carboxylic acids is 1. The van der Waals surface area contributed by atoms with Gasteiger partial charge < -0.3 is 18.8 Å². The van der Waals surface area contributed by atoms with Gasteiger partial charge in [0.2, 0.25) is 11.7 Å². The monoisotopic (exact) mass is 582 g/mol. The molecule has 0 radical (unpaired) electrons. The van der Waals surface area contributed by atoms with Crippen LogP contribution in [0.2, 0.25) is 0 Å². The first-order valence-electron chi connectivity index (χ1n) is 13.4. The number of anilines is 1. The van der Waals surface area contributed by atoms with Crippen LogP contribution in [-0.2, 0) is 21.4 Å². The number of pyridine rings is 1. The van der Waals surface area contributed by atoms with E-state index in [0.29, 0.717) is 16.5 Å². The number of halogens is 4. The van der Waals surface area contributed by atoms with Gasteiger partial charge >= 0.3 is 6.18 Å². The molecule has 2 aliphatic rings. The van der Waals surface area contributed by atoms with Gasteiger partial charge in [0.25, 0.3) is 0 Å². The number of terminal acetylenes is 1. The predicted molar refractivity (Wildman–Crippen MR) is 145 cm³/mol. The Morgan fingerprint density at radius 1 is 1.26 bits per heavy atom. The quantitative estimate of drug-likeness (QED) is 0.222. The van der Waals surface area contributed by atoms with Crippen LogP contribution in [0.1, 0.15) is 43.6 Å². The number of alkyl halides is 4. The van der Waals surface area contributed by atoms with E-state index in [1.165, 1.54) is 24.1 Å². The minimum Gasteiger partial charge on any atom is -0.472 e.